The molecule has 0 spiro atoms. The van der Waals surface area contributed by atoms with E-state index in [1.165, 1.54) is 12.1 Å². The Kier molecular flexibility index (Phi) is 9.14. The smallest absolute Gasteiger partial charge is 0.404 e. The molecule has 11 heteroatoms. The lowest BCUT2D eigenvalue weighted by atomic mass is 9.86. The zero-order chi connectivity index (χ0) is 25.3. The minimum Gasteiger partial charge on any atom is -0.404 e. The van der Waals surface area contributed by atoms with Gasteiger partial charge in [0.25, 0.3) is 0 Å². The van der Waals surface area contributed by atoms with Crippen LogP contribution >= 0.6 is 12.4 Å². The molecule has 0 aromatic heterocycles. The summed E-state index contributed by atoms with van der Waals surface area (Å²) in [6.07, 6.45) is -5.84. The fourth-order valence-corrected chi connectivity index (χ4v) is 6.14. The van der Waals surface area contributed by atoms with E-state index in [4.69, 9.17) is 5.73 Å². The van der Waals surface area contributed by atoms with Gasteiger partial charge in [-0.3, -0.25) is 0 Å². The minimum atomic E-state index is -4.90. The molecule has 196 valence electrons. The van der Waals surface area contributed by atoms with Gasteiger partial charge >= 0.3 is 6.36 Å². The lowest BCUT2D eigenvalue weighted by Gasteiger charge is -2.35. The Labute approximate surface area is 210 Å². The predicted molar refractivity (Wildman–Crippen MR) is 132 cm³/mol. The van der Waals surface area contributed by atoms with E-state index in [9.17, 15) is 26.7 Å². The fourth-order valence-electron chi connectivity index (χ4n) is 4.17. The standard InChI is InChI=1S/C24H31F3N2O4S.ClH/c1-23(2,3)18-6-4-5-16(10-18)12-29-20-14-34(31,32)13-17(22(20)30)9-15-7-8-19(28)21(11-15)33-24(25,26)27;/h4-8,10-11,17,20,22,29-30H,9,12-14,28H2,1-3H3;1H/t17-,20+,22+;/m1./s1. The number of anilines is 1. The van der Waals surface area contributed by atoms with Gasteiger partial charge < -0.3 is 20.9 Å². The van der Waals surface area contributed by atoms with Crippen molar-refractivity contribution in [1.29, 1.82) is 0 Å². The number of aliphatic hydroxyl groups is 1. The maximum atomic E-state index is 12.6. The summed E-state index contributed by atoms with van der Waals surface area (Å²) in [6.45, 7) is 6.68. The Bertz CT molecular complexity index is 1120. The van der Waals surface area contributed by atoms with Crippen molar-refractivity contribution < 1.29 is 31.4 Å². The SMILES string of the molecule is CC(C)(C)c1cccc(CN[C@H]2CS(=O)(=O)C[C@@H](Cc3ccc(N)c(OC(F)(F)F)c3)[C@@H]2O)c1.Cl. The molecule has 0 amide bonds. The molecule has 0 unspecified atom stereocenters. The zero-order valence-corrected chi connectivity index (χ0v) is 21.4. The quantitative estimate of drug-likeness (QED) is 0.483. The second-order valence-corrected chi connectivity index (χ2v) is 12.0. The molecular weight excluding hydrogens is 505 g/mol. The van der Waals surface area contributed by atoms with Crippen molar-refractivity contribution in [3.63, 3.8) is 0 Å². The van der Waals surface area contributed by atoms with Gasteiger partial charge in [0, 0.05) is 18.5 Å². The third kappa shape index (κ3) is 8.27. The summed E-state index contributed by atoms with van der Waals surface area (Å²) in [4.78, 5) is 0. The summed E-state index contributed by atoms with van der Waals surface area (Å²) in [5.74, 6) is -1.72. The highest BCUT2D eigenvalue weighted by Crippen LogP contribution is 2.31. The molecule has 0 bridgehead atoms. The molecule has 2 aromatic rings. The number of nitrogens with two attached hydrogens (primary N) is 1. The van der Waals surface area contributed by atoms with E-state index >= 15 is 0 Å². The lowest BCUT2D eigenvalue weighted by Crippen LogP contribution is -2.54. The first-order valence-electron chi connectivity index (χ1n) is 11.0. The molecule has 3 rings (SSSR count). The Hall–Kier alpha value is -2.01. The molecule has 6 nitrogen and oxygen atoms in total. The van der Waals surface area contributed by atoms with E-state index < -0.39 is 40.0 Å². The van der Waals surface area contributed by atoms with Crippen molar-refractivity contribution in [2.24, 2.45) is 5.92 Å². The van der Waals surface area contributed by atoms with Gasteiger partial charge in [0.05, 0.1) is 23.3 Å². The zero-order valence-electron chi connectivity index (χ0n) is 19.8. The number of hydrogen-bond donors (Lipinski definition) is 3. The van der Waals surface area contributed by atoms with Crippen LogP contribution in [0.5, 0.6) is 5.75 Å². The van der Waals surface area contributed by atoms with E-state index in [1.807, 2.05) is 24.3 Å². The maximum Gasteiger partial charge on any atom is 0.573 e. The third-order valence-corrected chi connectivity index (χ3v) is 7.76. The monoisotopic (exact) mass is 536 g/mol. The number of ether oxygens (including phenoxy) is 1. The Balaban J connectivity index is 0.00000432. The molecule has 4 N–H and O–H groups in total. The largest absolute Gasteiger partial charge is 0.573 e. The number of benzene rings is 2. The van der Waals surface area contributed by atoms with Gasteiger partial charge in [0.15, 0.2) is 15.6 Å². The Morgan fingerprint density at radius 2 is 1.77 bits per heavy atom. The average Bonchev–Trinajstić information content (AvgIpc) is 2.70. The summed E-state index contributed by atoms with van der Waals surface area (Å²) in [6, 6.07) is 11.2. The van der Waals surface area contributed by atoms with Gasteiger partial charge in [-0.05, 0) is 40.7 Å². The van der Waals surface area contributed by atoms with Crippen molar-refractivity contribution in [2.75, 3.05) is 17.2 Å². The molecule has 1 aliphatic rings. The van der Waals surface area contributed by atoms with E-state index in [-0.39, 0.29) is 41.4 Å². The molecule has 1 heterocycles. The molecular formula is C24H32ClF3N2O4S. The van der Waals surface area contributed by atoms with Gasteiger partial charge in [0.1, 0.15) is 0 Å². The Morgan fingerprint density at radius 1 is 1.09 bits per heavy atom. The van der Waals surface area contributed by atoms with Crippen LogP contribution in [0.25, 0.3) is 0 Å². The van der Waals surface area contributed by atoms with Crippen molar-refractivity contribution >= 4 is 27.9 Å². The highest BCUT2D eigenvalue weighted by atomic mass is 35.5. The fraction of sp³-hybridized carbons (Fsp3) is 0.500. The number of nitrogens with one attached hydrogen (secondary N) is 1. The number of halogens is 4. The number of aliphatic hydroxyl groups excluding tert-OH is 1. The molecule has 35 heavy (non-hydrogen) atoms. The van der Waals surface area contributed by atoms with Gasteiger partial charge in [0.2, 0.25) is 0 Å². The van der Waals surface area contributed by atoms with Crippen molar-refractivity contribution in [1.82, 2.24) is 5.32 Å². The van der Waals surface area contributed by atoms with Crippen LogP contribution in [-0.2, 0) is 28.2 Å². The minimum absolute atomic E-state index is 0. The summed E-state index contributed by atoms with van der Waals surface area (Å²) in [5, 5.41) is 14.1. The first-order valence-corrected chi connectivity index (χ1v) is 12.8. The Morgan fingerprint density at radius 3 is 2.40 bits per heavy atom. The van der Waals surface area contributed by atoms with Crippen LogP contribution in [-0.4, -0.2) is 43.5 Å². The lowest BCUT2D eigenvalue weighted by molar-refractivity contribution is -0.274. The highest BCUT2D eigenvalue weighted by molar-refractivity contribution is 7.91. The summed E-state index contributed by atoms with van der Waals surface area (Å²) in [5.41, 5.74) is 7.85. The van der Waals surface area contributed by atoms with E-state index in [1.54, 1.807) is 0 Å². The summed E-state index contributed by atoms with van der Waals surface area (Å²) >= 11 is 0. The molecule has 1 saturated heterocycles. The van der Waals surface area contributed by atoms with Gasteiger partial charge in [-0.15, -0.1) is 25.6 Å². The van der Waals surface area contributed by atoms with Gasteiger partial charge in [-0.2, -0.15) is 0 Å². The normalized spacial score (nSPS) is 22.3. The molecule has 2 aromatic carbocycles. The van der Waals surface area contributed by atoms with Crippen molar-refractivity contribution in [2.45, 2.75) is 57.7 Å². The van der Waals surface area contributed by atoms with Crippen molar-refractivity contribution in [3.8, 4) is 5.75 Å². The molecule has 0 radical (unpaired) electrons. The second kappa shape index (κ2) is 10.9. The van der Waals surface area contributed by atoms with Crippen LogP contribution < -0.4 is 15.8 Å². The van der Waals surface area contributed by atoms with Crippen molar-refractivity contribution in [3.05, 3.63) is 59.2 Å². The first-order chi connectivity index (χ1) is 15.6. The van der Waals surface area contributed by atoms with Crippen LogP contribution in [0.15, 0.2) is 42.5 Å². The third-order valence-electron chi connectivity index (χ3n) is 5.96. The van der Waals surface area contributed by atoms with Crippen LogP contribution in [0.2, 0.25) is 0 Å². The van der Waals surface area contributed by atoms with Gasteiger partial charge in [-0.1, -0.05) is 51.1 Å². The number of sulfone groups is 1. The maximum absolute atomic E-state index is 12.6. The van der Waals surface area contributed by atoms with E-state index in [0.717, 1.165) is 17.2 Å². The van der Waals surface area contributed by atoms with Gasteiger partial charge in [-0.25, -0.2) is 8.42 Å². The second-order valence-electron chi connectivity index (χ2n) is 9.89. The molecule has 0 saturated carbocycles. The molecule has 3 atom stereocenters. The van der Waals surface area contributed by atoms with Crippen LogP contribution in [0.4, 0.5) is 18.9 Å². The van der Waals surface area contributed by atoms with E-state index in [2.05, 4.69) is 30.8 Å². The van der Waals surface area contributed by atoms with Crippen LogP contribution in [0, 0.1) is 5.92 Å². The number of alkyl halides is 3. The number of hydrogen-bond acceptors (Lipinski definition) is 6. The highest BCUT2D eigenvalue weighted by Gasteiger charge is 2.39. The molecule has 1 fully saturated rings. The number of nitrogen functional groups attached to an aromatic ring is 1. The van der Waals surface area contributed by atoms with E-state index in [0.29, 0.717) is 12.1 Å². The first kappa shape index (κ1) is 29.2. The number of rotatable bonds is 6. The predicted octanol–water partition coefficient (Wildman–Crippen LogP) is 3.99. The van der Waals surface area contributed by atoms with Crippen LogP contribution in [0.1, 0.15) is 37.5 Å². The molecule has 1 aliphatic heterocycles. The topological polar surface area (TPSA) is 102 Å². The molecule has 0 aliphatic carbocycles. The summed E-state index contributed by atoms with van der Waals surface area (Å²) < 4.78 is 67.0. The van der Waals surface area contributed by atoms with Crippen LogP contribution in [0.3, 0.4) is 0 Å². The summed E-state index contributed by atoms with van der Waals surface area (Å²) in [7, 11) is -3.48. The average molecular weight is 537 g/mol.